The maximum Gasteiger partial charge on any atom is 0.410 e. The van der Waals surface area contributed by atoms with Crippen LogP contribution in [0.2, 0.25) is 0 Å². The fourth-order valence-corrected chi connectivity index (χ4v) is 2.60. The van der Waals surface area contributed by atoms with Crippen LogP contribution in [-0.4, -0.2) is 48.0 Å². The predicted molar refractivity (Wildman–Crippen MR) is 67.4 cm³/mol. The number of ether oxygens (including phenoxy) is 2. The molecule has 5 heteroatoms. The molecule has 1 aromatic carbocycles. The second-order valence-corrected chi connectivity index (χ2v) is 5.07. The number of aliphatic hydroxyl groups excluding tert-OH is 1. The van der Waals surface area contributed by atoms with E-state index in [1.165, 1.54) is 0 Å². The largest absolute Gasteiger partial charge is 0.445 e. The van der Waals surface area contributed by atoms with Gasteiger partial charge in [0.1, 0.15) is 12.7 Å². The lowest BCUT2D eigenvalue weighted by Crippen LogP contribution is -2.50. The third kappa shape index (κ3) is 2.57. The Morgan fingerprint density at radius 1 is 1.37 bits per heavy atom. The molecule has 1 aromatic rings. The number of benzene rings is 1. The van der Waals surface area contributed by atoms with E-state index >= 15 is 0 Å². The van der Waals surface area contributed by atoms with Crippen LogP contribution in [0, 0.1) is 5.92 Å². The van der Waals surface area contributed by atoms with Gasteiger partial charge in [-0.1, -0.05) is 30.3 Å². The van der Waals surface area contributed by atoms with Gasteiger partial charge in [-0.2, -0.15) is 0 Å². The fraction of sp³-hybridized carbons (Fsp3) is 0.500. The van der Waals surface area contributed by atoms with Gasteiger partial charge >= 0.3 is 6.09 Å². The van der Waals surface area contributed by atoms with Gasteiger partial charge in [0, 0.05) is 12.5 Å². The van der Waals surface area contributed by atoms with Crippen molar-refractivity contribution in [3.05, 3.63) is 35.9 Å². The molecule has 3 atom stereocenters. The summed E-state index contributed by atoms with van der Waals surface area (Å²) in [5.41, 5.74) is 0.965. The summed E-state index contributed by atoms with van der Waals surface area (Å²) < 4.78 is 10.7. The van der Waals surface area contributed by atoms with Gasteiger partial charge in [0.25, 0.3) is 0 Å². The van der Waals surface area contributed by atoms with Crippen LogP contribution in [0.5, 0.6) is 0 Å². The highest BCUT2D eigenvalue weighted by molar-refractivity contribution is 5.68. The normalized spacial score (nSPS) is 29.3. The molecule has 0 spiro atoms. The van der Waals surface area contributed by atoms with Crippen molar-refractivity contribution < 1.29 is 19.4 Å². The lowest BCUT2D eigenvalue weighted by Gasteiger charge is -2.32. The number of hydrogen-bond acceptors (Lipinski definition) is 4. The molecule has 0 radical (unpaired) electrons. The van der Waals surface area contributed by atoms with Gasteiger partial charge in [-0.05, 0) is 5.56 Å². The Hall–Kier alpha value is -1.59. The Kier molecular flexibility index (Phi) is 3.40. The fourth-order valence-electron chi connectivity index (χ4n) is 2.60. The quantitative estimate of drug-likeness (QED) is 0.865. The topological polar surface area (TPSA) is 59.0 Å². The lowest BCUT2D eigenvalue weighted by atomic mass is 9.97. The second-order valence-electron chi connectivity index (χ2n) is 5.07. The second kappa shape index (κ2) is 5.19. The van der Waals surface area contributed by atoms with E-state index in [9.17, 15) is 9.90 Å². The number of carbonyl (C=O) groups excluding carboxylic acids is 1. The minimum atomic E-state index is -0.446. The van der Waals surface area contributed by atoms with Crippen molar-refractivity contribution in [3.8, 4) is 0 Å². The highest BCUT2D eigenvalue weighted by Crippen LogP contribution is 2.27. The first-order chi connectivity index (χ1) is 9.24. The summed E-state index contributed by atoms with van der Waals surface area (Å²) in [5.74, 6) is 0.0167. The van der Waals surface area contributed by atoms with Crippen LogP contribution in [0.1, 0.15) is 5.56 Å². The average Bonchev–Trinajstić information content (AvgIpc) is 2.68. The van der Waals surface area contributed by atoms with E-state index < -0.39 is 6.10 Å². The molecule has 3 rings (SSSR count). The Morgan fingerprint density at radius 3 is 2.89 bits per heavy atom. The molecule has 2 bridgehead atoms. The summed E-state index contributed by atoms with van der Waals surface area (Å²) in [6.45, 7) is 1.71. The molecule has 5 nitrogen and oxygen atoms in total. The zero-order valence-electron chi connectivity index (χ0n) is 10.6. The van der Waals surface area contributed by atoms with Crippen molar-refractivity contribution in [1.29, 1.82) is 0 Å². The molecule has 0 unspecified atom stereocenters. The van der Waals surface area contributed by atoms with Crippen molar-refractivity contribution in [2.45, 2.75) is 18.8 Å². The first-order valence-electron chi connectivity index (χ1n) is 6.49. The molecule has 0 aliphatic carbocycles. The molecule has 1 N–H and O–H groups in total. The van der Waals surface area contributed by atoms with Crippen molar-refractivity contribution in [2.24, 2.45) is 5.92 Å². The molecule has 2 aliphatic heterocycles. The number of amides is 1. The maximum atomic E-state index is 12.0. The van der Waals surface area contributed by atoms with E-state index in [0.717, 1.165) is 5.56 Å². The molecular weight excluding hydrogens is 246 g/mol. The molecular formula is C14H17NO4. The minimum Gasteiger partial charge on any atom is -0.445 e. The van der Waals surface area contributed by atoms with E-state index in [1.54, 1.807) is 4.90 Å². The van der Waals surface area contributed by atoms with Crippen molar-refractivity contribution in [1.82, 2.24) is 4.90 Å². The number of piperidine rings is 1. The standard InChI is InChI=1S/C14H17NO4/c16-13-11-6-15(7-12(13)18-9-11)14(17)19-8-10-4-2-1-3-5-10/h1-5,11-13,16H,6-9H2/t11-,12-,13-/m1/s1. The summed E-state index contributed by atoms with van der Waals surface area (Å²) >= 11 is 0. The van der Waals surface area contributed by atoms with Crippen LogP contribution in [0.25, 0.3) is 0 Å². The number of fused-ring (bicyclic) bond motifs is 2. The van der Waals surface area contributed by atoms with Crippen LogP contribution >= 0.6 is 0 Å². The van der Waals surface area contributed by atoms with Gasteiger partial charge in [-0.15, -0.1) is 0 Å². The first-order valence-corrected chi connectivity index (χ1v) is 6.49. The molecule has 0 aromatic heterocycles. The summed E-state index contributed by atoms with van der Waals surface area (Å²) in [5, 5.41) is 9.81. The van der Waals surface area contributed by atoms with Crippen molar-refractivity contribution in [3.63, 3.8) is 0 Å². The van der Waals surface area contributed by atoms with E-state index in [-0.39, 0.29) is 24.7 Å². The molecule has 2 saturated heterocycles. The molecule has 2 heterocycles. The monoisotopic (exact) mass is 263 g/mol. The Bertz CT molecular complexity index is 436. The lowest BCUT2D eigenvalue weighted by molar-refractivity contribution is -0.00990. The number of likely N-dealkylation sites (tertiary alicyclic amines) is 1. The zero-order valence-corrected chi connectivity index (χ0v) is 10.6. The summed E-state index contributed by atoms with van der Waals surface area (Å²) in [7, 11) is 0. The predicted octanol–water partition coefficient (Wildman–Crippen LogP) is 1.01. The highest BCUT2D eigenvalue weighted by Gasteiger charge is 2.43. The minimum absolute atomic E-state index is 0.0167. The Labute approximate surface area is 111 Å². The van der Waals surface area contributed by atoms with Crippen molar-refractivity contribution >= 4 is 6.09 Å². The summed E-state index contributed by atoms with van der Waals surface area (Å²) in [4.78, 5) is 13.6. The molecule has 102 valence electrons. The number of hydrogen-bond donors (Lipinski definition) is 1. The van der Waals surface area contributed by atoms with Gasteiger partial charge in [-0.3, -0.25) is 0 Å². The summed E-state index contributed by atoms with van der Waals surface area (Å²) in [6.07, 6.45) is -1.04. The van der Waals surface area contributed by atoms with Crippen LogP contribution in [0.15, 0.2) is 30.3 Å². The SMILES string of the molecule is O=C(OCc1ccccc1)N1C[C@@H]2CO[C@H](C1)[C@@H]2O. The van der Waals surface area contributed by atoms with E-state index in [2.05, 4.69) is 0 Å². The number of nitrogens with zero attached hydrogens (tertiary/aromatic N) is 1. The Morgan fingerprint density at radius 2 is 2.16 bits per heavy atom. The maximum absolute atomic E-state index is 12.0. The van der Waals surface area contributed by atoms with E-state index in [4.69, 9.17) is 9.47 Å². The highest BCUT2D eigenvalue weighted by atomic mass is 16.6. The molecule has 2 aliphatic rings. The van der Waals surface area contributed by atoms with Gasteiger partial charge in [-0.25, -0.2) is 4.79 Å². The number of aliphatic hydroxyl groups is 1. The Balaban J connectivity index is 1.54. The summed E-state index contributed by atoms with van der Waals surface area (Å²) in [6, 6.07) is 9.58. The third-order valence-electron chi connectivity index (χ3n) is 3.71. The van der Waals surface area contributed by atoms with Gasteiger partial charge in [0.15, 0.2) is 0 Å². The molecule has 2 fully saturated rings. The average molecular weight is 263 g/mol. The van der Waals surface area contributed by atoms with E-state index in [0.29, 0.717) is 19.7 Å². The van der Waals surface area contributed by atoms with Crippen LogP contribution in [0.4, 0.5) is 4.79 Å². The van der Waals surface area contributed by atoms with Crippen molar-refractivity contribution in [2.75, 3.05) is 19.7 Å². The van der Waals surface area contributed by atoms with Gasteiger partial charge < -0.3 is 19.5 Å². The van der Waals surface area contributed by atoms with Gasteiger partial charge in [0.2, 0.25) is 0 Å². The number of rotatable bonds is 2. The first kappa shape index (κ1) is 12.4. The third-order valence-corrected chi connectivity index (χ3v) is 3.71. The van der Waals surface area contributed by atoms with Crippen LogP contribution < -0.4 is 0 Å². The smallest absolute Gasteiger partial charge is 0.410 e. The number of carbonyl (C=O) groups is 1. The molecule has 0 saturated carbocycles. The molecule has 19 heavy (non-hydrogen) atoms. The van der Waals surface area contributed by atoms with E-state index in [1.807, 2.05) is 30.3 Å². The molecule has 1 amide bonds. The van der Waals surface area contributed by atoms with Crippen LogP contribution in [0.3, 0.4) is 0 Å². The van der Waals surface area contributed by atoms with Crippen LogP contribution in [-0.2, 0) is 16.1 Å². The zero-order chi connectivity index (χ0) is 13.2. The van der Waals surface area contributed by atoms with Gasteiger partial charge in [0.05, 0.1) is 19.3 Å².